The molecule has 4 heterocycles. The Balaban J connectivity index is 1.24. The molecule has 5 aliphatic rings. The van der Waals surface area contributed by atoms with Gasteiger partial charge in [0, 0.05) is 49.4 Å². The summed E-state index contributed by atoms with van der Waals surface area (Å²) in [5, 5.41) is 4.93. The van der Waals surface area contributed by atoms with Crippen molar-refractivity contribution in [2.75, 3.05) is 56.1 Å². The molecule has 2 amide bonds. The number of nitrogens with one attached hydrogen (secondary N) is 1. The van der Waals surface area contributed by atoms with Gasteiger partial charge in [0.15, 0.2) is 0 Å². The Bertz CT molecular complexity index is 2180. The molecule has 2 aromatic carbocycles. The van der Waals surface area contributed by atoms with Crippen LogP contribution in [-0.4, -0.2) is 87.2 Å². The fraction of sp³-hybridized carbons (Fsp3) is 0.548. The van der Waals surface area contributed by atoms with Crippen LogP contribution in [0.15, 0.2) is 59.1 Å². The topological polar surface area (TPSA) is 124 Å². The first-order chi connectivity index (χ1) is 27.4. The third kappa shape index (κ3) is 7.97. The van der Waals surface area contributed by atoms with Crippen LogP contribution < -0.4 is 19.1 Å². The van der Waals surface area contributed by atoms with Crippen LogP contribution in [0, 0.1) is 17.8 Å². The van der Waals surface area contributed by atoms with Gasteiger partial charge in [-0.1, -0.05) is 36.7 Å². The molecule has 3 aromatic rings. The lowest BCUT2D eigenvalue weighted by Gasteiger charge is -2.53. The number of anilines is 1. The molecule has 306 valence electrons. The molecule has 6 atom stereocenters. The van der Waals surface area contributed by atoms with E-state index in [0.29, 0.717) is 31.2 Å². The summed E-state index contributed by atoms with van der Waals surface area (Å²) in [6, 6.07) is 11.6. The molecule has 0 radical (unpaired) electrons. The van der Waals surface area contributed by atoms with E-state index in [4.69, 9.17) is 25.8 Å². The third-order valence-electron chi connectivity index (χ3n) is 12.4. The SMILES string of the molecule is COc1nn(C)cc1C(=O)N[S@@]1(=O)=NC(=O)c2ccc3c(c2)N(C[C@@H]2CC[C@H]2[C@](OC)(C2SCCCS2)/C=C/C[C@H](C)C1)C[C@@]1(CCCc2cc(Cl)ccc21)CO3. The number of allylic oxidation sites excluding steroid dienone is 1. The highest BCUT2D eigenvalue weighted by Gasteiger charge is 2.53. The van der Waals surface area contributed by atoms with Crippen molar-refractivity contribution in [2.24, 2.45) is 29.2 Å². The number of aryl methyl sites for hydroxylation is 2. The number of carbonyl (C=O) groups is 2. The van der Waals surface area contributed by atoms with E-state index >= 15 is 0 Å². The monoisotopic (exact) mass is 853 g/mol. The number of hydrogen-bond donors (Lipinski definition) is 1. The van der Waals surface area contributed by atoms with Gasteiger partial charge in [0.05, 0.1) is 29.7 Å². The maximum absolute atomic E-state index is 14.9. The van der Waals surface area contributed by atoms with Crippen molar-refractivity contribution in [1.29, 1.82) is 0 Å². The van der Waals surface area contributed by atoms with Crippen LogP contribution in [-0.2, 0) is 33.5 Å². The number of carbonyl (C=O) groups excluding carboxylic acids is 2. The van der Waals surface area contributed by atoms with Crippen molar-refractivity contribution in [1.82, 2.24) is 14.5 Å². The van der Waals surface area contributed by atoms with Crippen LogP contribution in [0.3, 0.4) is 0 Å². The lowest BCUT2D eigenvalue weighted by atomic mass is 9.64. The predicted molar refractivity (Wildman–Crippen MR) is 229 cm³/mol. The molecule has 57 heavy (non-hydrogen) atoms. The first kappa shape index (κ1) is 40.6. The summed E-state index contributed by atoms with van der Waals surface area (Å²) in [6.45, 7) is 3.93. The van der Waals surface area contributed by atoms with Gasteiger partial charge in [0.25, 0.3) is 11.8 Å². The zero-order valence-electron chi connectivity index (χ0n) is 33.0. The van der Waals surface area contributed by atoms with Crippen LogP contribution in [0.1, 0.15) is 77.3 Å². The van der Waals surface area contributed by atoms with Crippen LogP contribution in [0.5, 0.6) is 11.6 Å². The number of benzene rings is 2. The smallest absolute Gasteiger partial charge is 0.286 e. The zero-order chi connectivity index (χ0) is 40.0. The Morgan fingerprint density at radius 1 is 1.12 bits per heavy atom. The highest BCUT2D eigenvalue weighted by molar-refractivity contribution is 8.17. The number of fused-ring (bicyclic) bond motifs is 4. The van der Waals surface area contributed by atoms with Gasteiger partial charge in [0.1, 0.15) is 26.8 Å². The van der Waals surface area contributed by atoms with E-state index in [9.17, 15) is 13.8 Å². The second-order valence-corrected chi connectivity index (χ2v) is 21.5. The Hall–Kier alpha value is -3.17. The maximum Gasteiger partial charge on any atom is 0.286 e. The first-order valence-corrected chi connectivity index (χ1v) is 24.1. The van der Waals surface area contributed by atoms with Gasteiger partial charge in [-0.25, -0.2) is 4.21 Å². The molecule has 11 nitrogen and oxygen atoms in total. The molecule has 8 rings (SSSR count). The molecule has 15 heteroatoms. The number of thioether (sulfide) groups is 2. The standard InChI is InChI=1S/C42H52ClN5O6S3/c1-27-8-5-17-42(53-4,40-55-18-7-19-56-40)34-13-10-30(34)22-48-25-41(16-6-9-28-20-31(43)12-14-33(28)41)26-54-36-15-11-29(21-35(36)48)37(49)45-57(51,24-27)46-38(50)32-23-47(2)44-39(32)52-3/h5,11-12,14-15,17,20-21,23,27,30,34,40H,6-10,13,16,18-19,22,24-26H2,1-4H3,(H,45,46,49,50,51)/b17-5+/t27-,30-,34+,41-,42-,57-/m0/s1. The fourth-order valence-corrected chi connectivity index (χ4v) is 15.0. The maximum atomic E-state index is 14.9. The number of methoxy groups -OCH3 is 2. The molecule has 1 N–H and O–H groups in total. The average Bonchev–Trinajstić information content (AvgIpc) is 3.50. The number of ether oxygens (including phenoxy) is 3. The number of nitrogens with zero attached hydrogens (tertiary/aromatic N) is 4. The number of amides is 2. The lowest BCUT2D eigenvalue weighted by molar-refractivity contribution is -0.0638. The van der Waals surface area contributed by atoms with E-state index in [1.165, 1.54) is 35.5 Å². The zero-order valence-corrected chi connectivity index (χ0v) is 36.2. The van der Waals surface area contributed by atoms with Gasteiger partial charge < -0.3 is 19.1 Å². The van der Waals surface area contributed by atoms with Gasteiger partial charge >= 0.3 is 0 Å². The molecular weight excluding hydrogens is 802 g/mol. The molecule has 2 fully saturated rings. The number of rotatable bonds is 5. The Labute approximate surface area is 349 Å². The Morgan fingerprint density at radius 3 is 2.70 bits per heavy atom. The van der Waals surface area contributed by atoms with E-state index in [-0.39, 0.29) is 44.6 Å². The largest absolute Gasteiger partial charge is 0.490 e. The normalized spacial score (nSPS) is 31.1. The minimum Gasteiger partial charge on any atom is -0.490 e. The van der Waals surface area contributed by atoms with Crippen molar-refractivity contribution < 1.29 is 28.0 Å². The summed E-state index contributed by atoms with van der Waals surface area (Å²) in [7, 11) is 1.30. The number of hydrogen-bond acceptors (Lipinski definition) is 10. The number of halogens is 1. The average molecular weight is 855 g/mol. The molecular formula is C42H52ClN5O6S3. The molecule has 0 unspecified atom stereocenters. The lowest BCUT2D eigenvalue weighted by Crippen LogP contribution is -2.56. The molecule has 1 spiro atoms. The van der Waals surface area contributed by atoms with Crippen molar-refractivity contribution in [3.05, 3.63) is 82.0 Å². The van der Waals surface area contributed by atoms with Crippen LogP contribution >= 0.6 is 35.1 Å². The van der Waals surface area contributed by atoms with Crippen molar-refractivity contribution in [2.45, 2.75) is 67.5 Å². The molecule has 1 aromatic heterocycles. The highest BCUT2D eigenvalue weighted by Crippen LogP contribution is 2.54. The minimum absolute atomic E-state index is 0.0392. The summed E-state index contributed by atoms with van der Waals surface area (Å²) < 4.78 is 42.4. The van der Waals surface area contributed by atoms with E-state index in [1.54, 1.807) is 13.1 Å². The summed E-state index contributed by atoms with van der Waals surface area (Å²) in [6.07, 6.45) is 12.8. The highest BCUT2D eigenvalue weighted by atomic mass is 35.5. The summed E-state index contributed by atoms with van der Waals surface area (Å²) in [5.41, 5.74) is 2.93. The van der Waals surface area contributed by atoms with Crippen molar-refractivity contribution >= 4 is 62.5 Å². The Morgan fingerprint density at radius 2 is 1.95 bits per heavy atom. The minimum atomic E-state index is -3.64. The van der Waals surface area contributed by atoms with Crippen molar-refractivity contribution in [3.63, 3.8) is 0 Å². The molecule has 1 saturated carbocycles. The van der Waals surface area contributed by atoms with Crippen LogP contribution in [0.4, 0.5) is 5.69 Å². The van der Waals surface area contributed by atoms with Gasteiger partial charge in [-0.05, 0) is 116 Å². The summed E-state index contributed by atoms with van der Waals surface area (Å²) in [5.74, 6) is 1.98. The first-order valence-electron chi connectivity index (χ1n) is 19.9. The third-order valence-corrected chi connectivity index (χ3v) is 17.9. The van der Waals surface area contributed by atoms with Gasteiger partial charge in [-0.15, -0.1) is 33.0 Å². The molecule has 2 aliphatic carbocycles. The summed E-state index contributed by atoms with van der Waals surface area (Å²) >= 11 is 10.5. The molecule has 2 bridgehead atoms. The fourth-order valence-electron chi connectivity index (χ4n) is 9.55. The van der Waals surface area contributed by atoms with Gasteiger partial charge in [0.2, 0.25) is 5.88 Å². The van der Waals surface area contributed by atoms with E-state index in [1.807, 2.05) is 55.8 Å². The van der Waals surface area contributed by atoms with Gasteiger partial charge in [-0.2, -0.15) is 0 Å². The quantitative estimate of drug-likeness (QED) is 0.256. The second-order valence-electron chi connectivity index (χ2n) is 16.3. The second kappa shape index (κ2) is 16.5. The predicted octanol–water partition coefficient (Wildman–Crippen LogP) is 7.71. The number of aromatic nitrogens is 2. The van der Waals surface area contributed by atoms with Crippen molar-refractivity contribution in [3.8, 4) is 11.6 Å². The molecule has 1 saturated heterocycles. The van der Waals surface area contributed by atoms with E-state index in [0.717, 1.165) is 60.9 Å². The van der Waals surface area contributed by atoms with Crippen LogP contribution in [0.25, 0.3) is 0 Å². The van der Waals surface area contributed by atoms with E-state index in [2.05, 4.69) is 43.4 Å². The van der Waals surface area contributed by atoms with E-state index < -0.39 is 27.3 Å². The van der Waals surface area contributed by atoms with Gasteiger partial charge in [-0.3, -0.25) is 19.0 Å². The van der Waals surface area contributed by atoms with Crippen LogP contribution in [0.2, 0.25) is 5.02 Å². The molecule has 3 aliphatic heterocycles. The Kier molecular flexibility index (Phi) is 11.7. The summed E-state index contributed by atoms with van der Waals surface area (Å²) in [4.78, 5) is 30.4.